The number of allylic oxidation sites excluding steroid dienone is 2. The summed E-state index contributed by atoms with van der Waals surface area (Å²) in [7, 11) is 0. The second kappa shape index (κ2) is 4.61. The van der Waals surface area contributed by atoms with Crippen molar-refractivity contribution in [3.63, 3.8) is 0 Å². The molecule has 0 N–H and O–H groups in total. The van der Waals surface area contributed by atoms with Crippen LogP contribution in [0.1, 0.15) is 58.3 Å². The predicted molar refractivity (Wildman–Crippen MR) is 85.0 cm³/mol. The Morgan fingerprint density at radius 3 is 2.18 bits per heavy atom. The SMILES string of the molecule is CCC1(OC(=O)C2CC3C=CC2C3)C2CC3CC(C2)CC1C3. The smallest absolute Gasteiger partial charge is 0.310 e. The van der Waals surface area contributed by atoms with Crippen LogP contribution in [-0.4, -0.2) is 11.6 Å². The molecule has 6 aliphatic rings. The van der Waals surface area contributed by atoms with Crippen LogP contribution in [0.4, 0.5) is 0 Å². The third-order valence-corrected chi connectivity index (χ3v) is 7.95. The third-order valence-electron chi connectivity index (χ3n) is 7.95. The number of hydrogen-bond acceptors (Lipinski definition) is 2. The maximum absolute atomic E-state index is 12.9. The van der Waals surface area contributed by atoms with Gasteiger partial charge in [-0.1, -0.05) is 19.1 Å². The molecule has 3 unspecified atom stereocenters. The van der Waals surface area contributed by atoms with E-state index in [1.54, 1.807) is 0 Å². The van der Waals surface area contributed by atoms with Crippen molar-refractivity contribution in [1.29, 1.82) is 0 Å². The van der Waals surface area contributed by atoms with Crippen LogP contribution in [0.25, 0.3) is 0 Å². The van der Waals surface area contributed by atoms with Gasteiger partial charge in [-0.25, -0.2) is 0 Å². The molecule has 0 aromatic carbocycles. The van der Waals surface area contributed by atoms with Gasteiger partial charge < -0.3 is 4.74 Å². The normalized spacial score (nSPS) is 54.1. The zero-order valence-corrected chi connectivity index (χ0v) is 13.7. The van der Waals surface area contributed by atoms with Crippen LogP contribution >= 0.6 is 0 Å². The van der Waals surface area contributed by atoms with Gasteiger partial charge in [0.2, 0.25) is 0 Å². The molecule has 0 amide bonds. The van der Waals surface area contributed by atoms with Gasteiger partial charge in [0.25, 0.3) is 0 Å². The zero-order valence-electron chi connectivity index (χ0n) is 13.7. The van der Waals surface area contributed by atoms with E-state index in [1.165, 1.54) is 38.5 Å². The molecule has 0 spiro atoms. The Kier molecular flexibility index (Phi) is 2.86. The predicted octanol–water partition coefficient (Wildman–Crippen LogP) is 4.35. The van der Waals surface area contributed by atoms with Gasteiger partial charge in [0, 0.05) is 0 Å². The molecular weight excluding hydrogens is 272 g/mol. The molecule has 6 rings (SSSR count). The molecule has 0 radical (unpaired) electrons. The minimum Gasteiger partial charge on any atom is -0.458 e. The Morgan fingerprint density at radius 2 is 1.68 bits per heavy atom. The van der Waals surface area contributed by atoms with Crippen molar-refractivity contribution in [2.45, 2.75) is 63.9 Å². The number of carbonyl (C=O) groups excluding carboxylic acids is 1. The Morgan fingerprint density at radius 1 is 1.00 bits per heavy atom. The Labute approximate surface area is 133 Å². The first-order valence-electron chi connectivity index (χ1n) is 9.59. The van der Waals surface area contributed by atoms with Gasteiger partial charge in [0.05, 0.1) is 5.92 Å². The summed E-state index contributed by atoms with van der Waals surface area (Å²) < 4.78 is 6.43. The van der Waals surface area contributed by atoms with Gasteiger partial charge >= 0.3 is 5.97 Å². The van der Waals surface area contributed by atoms with Crippen LogP contribution in [0.2, 0.25) is 0 Å². The maximum Gasteiger partial charge on any atom is 0.310 e. The summed E-state index contributed by atoms with van der Waals surface area (Å²) >= 11 is 0. The molecule has 0 aromatic rings. The van der Waals surface area contributed by atoms with Crippen LogP contribution in [0, 0.1) is 41.4 Å². The Bertz CT molecular complexity index is 492. The van der Waals surface area contributed by atoms with Crippen LogP contribution in [-0.2, 0) is 9.53 Å². The first-order valence-corrected chi connectivity index (χ1v) is 9.59. The summed E-state index contributed by atoms with van der Waals surface area (Å²) in [6, 6.07) is 0. The lowest BCUT2D eigenvalue weighted by molar-refractivity contribution is -0.215. The van der Waals surface area contributed by atoms with E-state index in [0.717, 1.165) is 24.7 Å². The first-order chi connectivity index (χ1) is 10.7. The summed E-state index contributed by atoms with van der Waals surface area (Å²) in [5.41, 5.74) is -0.101. The van der Waals surface area contributed by atoms with E-state index >= 15 is 0 Å². The molecule has 120 valence electrons. The van der Waals surface area contributed by atoms with Crippen molar-refractivity contribution < 1.29 is 9.53 Å². The van der Waals surface area contributed by atoms with Crippen molar-refractivity contribution in [3.05, 3.63) is 12.2 Å². The van der Waals surface area contributed by atoms with Gasteiger partial charge in [-0.2, -0.15) is 0 Å². The molecule has 22 heavy (non-hydrogen) atoms. The summed E-state index contributed by atoms with van der Waals surface area (Å²) in [5.74, 6) is 4.62. The molecule has 3 atom stereocenters. The molecule has 6 aliphatic carbocycles. The number of esters is 1. The topological polar surface area (TPSA) is 26.3 Å². The van der Waals surface area contributed by atoms with Crippen molar-refractivity contribution >= 4 is 5.97 Å². The van der Waals surface area contributed by atoms with E-state index in [-0.39, 0.29) is 17.5 Å². The number of fused-ring (bicyclic) bond motifs is 2. The van der Waals surface area contributed by atoms with Crippen molar-refractivity contribution in [1.82, 2.24) is 0 Å². The second-order valence-electron chi connectivity index (χ2n) is 8.92. The van der Waals surface area contributed by atoms with Crippen molar-refractivity contribution in [3.8, 4) is 0 Å². The van der Waals surface area contributed by atoms with Gasteiger partial charge in [-0.15, -0.1) is 0 Å². The monoisotopic (exact) mass is 300 g/mol. The fourth-order valence-electron chi connectivity index (χ4n) is 7.11. The van der Waals surface area contributed by atoms with Crippen molar-refractivity contribution in [2.75, 3.05) is 0 Å². The average molecular weight is 300 g/mol. The highest BCUT2D eigenvalue weighted by atomic mass is 16.6. The Balaban J connectivity index is 1.38. The number of carbonyl (C=O) groups is 1. The van der Waals surface area contributed by atoms with E-state index in [4.69, 9.17) is 4.74 Å². The molecule has 0 aromatic heterocycles. The summed E-state index contributed by atoms with van der Waals surface area (Å²) in [6.07, 6.45) is 14.6. The summed E-state index contributed by atoms with van der Waals surface area (Å²) in [4.78, 5) is 12.9. The fraction of sp³-hybridized carbons (Fsp3) is 0.850. The molecule has 2 nitrogen and oxygen atoms in total. The number of ether oxygens (including phenoxy) is 1. The quantitative estimate of drug-likeness (QED) is 0.572. The van der Waals surface area contributed by atoms with Crippen LogP contribution in [0.15, 0.2) is 12.2 Å². The highest BCUT2D eigenvalue weighted by molar-refractivity contribution is 5.74. The lowest BCUT2D eigenvalue weighted by atomic mass is 9.49. The molecule has 0 aliphatic heterocycles. The molecular formula is C20H28O2. The minimum absolute atomic E-state index is 0.101. The van der Waals surface area contributed by atoms with E-state index in [9.17, 15) is 4.79 Å². The fourth-order valence-corrected chi connectivity index (χ4v) is 7.11. The highest BCUT2D eigenvalue weighted by Crippen LogP contribution is 2.61. The van der Waals surface area contributed by atoms with Gasteiger partial charge in [-0.05, 0) is 86.9 Å². The van der Waals surface area contributed by atoms with Crippen LogP contribution in [0.5, 0.6) is 0 Å². The van der Waals surface area contributed by atoms with Gasteiger partial charge in [-0.3, -0.25) is 4.79 Å². The zero-order chi connectivity index (χ0) is 14.9. The maximum atomic E-state index is 12.9. The van der Waals surface area contributed by atoms with Crippen LogP contribution < -0.4 is 0 Å². The van der Waals surface area contributed by atoms with Crippen LogP contribution in [0.3, 0.4) is 0 Å². The third kappa shape index (κ3) is 1.76. The molecule has 0 saturated heterocycles. The highest BCUT2D eigenvalue weighted by Gasteiger charge is 2.59. The summed E-state index contributed by atoms with van der Waals surface area (Å²) in [5, 5.41) is 0. The minimum atomic E-state index is -0.101. The lowest BCUT2D eigenvalue weighted by Crippen LogP contribution is -2.59. The second-order valence-corrected chi connectivity index (χ2v) is 8.92. The van der Waals surface area contributed by atoms with Crippen molar-refractivity contribution in [2.24, 2.45) is 41.4 Å². The Hall–Kier alpha value is -0.790. The van der Waals surface area contributed by atoms with E-state index in [2.05, 4.69) is 19.1 Å². The molecule has 0 heterocycles. The van der Waals surface area contributed by atoms with E-state index < -0.39 is 0 Å². The number of rotatable bonds is 3. The molecule has 6 bridgehead atoms. The van der Waals surface area contributed by atoms with E-state index in [1.807, 2.05) is 0 Å². The average Bonchev–Trinajstić information content (AvgIpc) is 3.13. The molecule has 2 heteroatoms. The lowest BCUT2D eigenvalue weighted by Gasteiger charge is -2.60. The van der Waals surface area contributed by atoms with Gasteiger partial charge in [0.1, 0.15) is 5.60 Å². The van der Waals surface area contributed by atoms with Gasteiger partial charge in [0.15, 0.2) is 0 Å². The molecule has 5 fully saturated rings. The first kappa shape index (κ1) is 13.6. The largest absolute Gasteiger partial charge is 0.458 e. The standard InChI is InChI=1S/C20H28O2/c1-2-20(16-7-13-5-14(9-16)10-17(20)8-13)22-19(21)18-11-12-3-4-15(18)6-12/h3-4,12-18H,2,5-11H2,1H3. The number of hydrogen-bond donors (Lipinski definition) is 0. The summed E-state index contributed by atoms with van der Waals surface area (Å²) in [6.45, 7) is 2.26. The van der Waals surface area contributed by atoms with E-state index in [0.29, 0.717) is 23.7 Å². The molecule has 5 saturated carbocycles.